The lowest BCUT2D eigenvalue weighted by atomic mass is 10.2. The maximum Gasteiger partial charge on any atom is 0.238 e. The van der Waals surface area contributed by atoms with Gasteiger partial charge >= 0.3 is 0 Å². The van der Waals surface area contributed by atoms with Gasteiger partial charge in [0.25, 0.3) is 0 Å². The van der Waals surface area contributed by atoms with Gasteiger partial charge in [-0.2, -0.15) is 0 Å². The number of fused-ring (bicyclic) bond motifs is 1. The summed E-state index contributed by atoms with van der Waals surface area (Å²) < 4.78 is 24.7. The molecule has 1 saturated heterocycles. The van der Waals surface area contributed by atoms with E-state index >= 15 is 0 Å². The molecule has 1 aromatic carbocycles. The zero-order valence-corrected chi connectivity index (χ0v) is 16.7. The largest absolute Gasteiger partial charge is 0.341 e. The molecule has 1 unspecified atom stereocenters. The van der Waals surface area contributed by atoms with Crippen molar-refractivity contribution in [2.75, 3.05) is 37.8 Å². The molecule has 0 radical (unpaired) electrons. The van der Waals surface area contributed by atoms with Crippen LogP contribution in [0.5, 0.6) is 0 Å². The van der Waals surface area contributed by atoms with Crippen molar-refractivity contribution >= 4 is 50.9 Å². The second kappa shape index (κ2) is 7.75. The number of amides is 2. The number of benzene rings is 1. The first-order valence-corrected chi connectivity index (χ1v) is 11.3. The fourth-order valence-corrected chi connectivity index (χ4v) is 5.15. The lowest BCUT2D eigenvalue weighted by molar-refractivity contribution is -0.132. The van der Waals surface area contributed by atoms with Crippen molar-refractivity contribution in [1.82, 2.24) is 9.21 Å². The maximum absolute atomic E-state index is 12.6. The number of nitrogens with one attached hydrogen (secondary N) is 1. The summed E-state index contributed by atoms with van der Waals surface area (Å²) in [5.74, 6) is -0.351. The van der Waals surface area contributed by atoms with E-state index in [1.54, 1.807) is 17.0 Å². The van der Waals surface area contributed by atoms with E-state index in [0.29, 0.717) is 36.8 Å². The molecule has 0 aromatic heterocycles. The summed E-state index contributed by atoms with van der Waals surface area (Å²) in [6, 6.07) is 5.27. The summed E-state index contributed by atoms with van der Waals surface area (Å²) >= 11 is 7.29. The Labute approximate surface area is 162 Å². The van der Waals surface area contributed by atoms with Gasteiger partial charge in [0.1, 0.15) is 0 Å². The zero-order valence-electron chi connectivity index (χ0n) is 14.3. The monoisotopic (exact) mass is 417 g/mol. The van der Waals surface area contributed by atoms with Gasteiger partial charge in [-0.3, -0.25) is 9.59 Å². The molecule has 1 aromatic rings. The van der Waals surface area contributed by atoms with Gasteiger partial charge in [0, 0.05) is 42.5 Å². The van der Waals surface area contributed by atoms with Crippen molar-refractivity contribution < 1.29 is 18.0 Å². The molecule has 7 nitrogen and oxygen atoms in total. The molecule has 1 N–H and O–H groups in total. The van der Waals surface area contributed by atoms with Crippen LogP contribution in [0, 0.1) is 0 Å². The molecule has 2 amide bonds. The van der Waals surface area contributed by atoms with E-state index < -0.39 is 15.3 Å². The van der Waals surface area contributed by atoms with Gasteiger partial charge < -0.3 is 10.2 Å². The van der Waals surface area contributed by atoms with Gasteiger partial charge in [-0.05, 0) is 24.6 Å². The van der Waals surface area contributed by atoms with Crippen molar-refractivity contribution in [3.8, 4) is 0 Å². The highest BCUT2D eigenvalue weighted by molar-refractivity contribution is 8.01. The van der Waals surface area contributed by atoms with Gasteiger partial charge in [0.2, 0.25) is 21.8 Å². The first-order valence-electron chi connectivity index (χ1n) is 8.24. The standard InChI is InChI=1S/C16H20ClN3O4S2/c1-26(23,24)20-6-2-5-19(7-8-20)15(21)10-14-16(22)18-12-9-11(17)3-4-13(12)25-14/h3-4,9,14H,2,5-8,10H2,1H3,(H,18,22). The van der Waals surface area contributed by atoms with Crippen LogP contribution >= 0.6 is 23.4 Å². The first kappa shape index (κ1) is 19.5. The number of nitrogens with zero attached hydrogens (tertiary/aromatic N) is 2. The fourth-order valence-electron chi connectivity index (χ4n) is 3.02. The number of thioether (sulfide) groups is 1. The lowest BCUT2D eigenvalue weighted by Crippen LogP contribution is -2.40. The Morgan fingerprint density at radius 2 is 2.08 bits per heavy atom. The Bertz CT molecular complexity index is 831. The molecule has 1 fully saturated rings. The SMILES string of the molecule is CS(=O)(=O)N1CCCN(C(=O)CC2Sc3ccc(Cl)cc3NC2=O)CC1. The summed E-state index contributed by atoms with van der Waals surface area (Å²) in [6.07, 6.45) is 1.85. The third kappa shape index (κ3) is 4.51. The molecular weight excluding hydrogens is 398 g/mol. The Hall–Kier alpha value is -1.29. The highest BCUT2D eigenvalue weighted by Crippen LogP contribution is 2.38. The van der Waals surface area contributed by atoms with E-state index in [2.05, 4.69) is 5.32 Å². The Balaban J connectivity index is 1.63. The van der Waals surface area contributed by atoms with Crippen LogP contribution in [-0.4, -0.2) is 67.1 Å². The van der Waals surface area contributed by atoms with E-state index in [9.17, 15) is 18.0 Å². The molecule has 142 valence electrons. The Kier molecular flexibility index (Phi) is 5.81. The van der Waals surface area contributed by atoms with Gasteiger partial charge in [0.15, 0.2) is 0 Å². The average Bonchev–Trinajstić information content (AvgIpc) is 2.81. The minimum atomic E-state index is -3.25. The predicted octanol–water partition coefficient (Wildman–Crippen LogP) is 1.64. The predicted molar refractivity (Wildman–Crippen MR) is 102 cm³/mol. The number of hydrogen-bond donors (Lipinski definition) is 1. The molecule has 1 atom stereocenters. The number of rotatable bonds is 3. The van der Waals surface area contributed by atoms with Crippen LogP contribution in [0.2, 0.25) is 5.02 Å². The fraction of sp³-hybridized carbons (Fsp3) is 0.500. The third-order valence-corrected chi connectivity index (χ3v) is 7.21. The van der Waals surface area contributed by atoms with Crippen LogP contribution in [0.4, 0.5) is 5.69 Å². The van der Waals surface area contributed by atoms with Crippen LogP contribution in [0.1, 0.15) is 12.8 Å². The molecule has 10 heteroatoms. The summed E-state index contributed by atoms with van der Waals surface area (Å²) in [5, 5.41) is 2.83. The number of carbonyl (C=O) groups excluding carboxylic acids is 2. The van der Waals surface area contributed by atoms with E-state index in [-0.39, 0.29) is 24.8 Å². The van der Waals surface area contributed by atoms with Gasteiger partial charge in [-0.15, -0.1) is 11.8 Å². The number of anilines is 1. The molecule has 2 aliphatic heterocycles. The van der Waals surface area contributed by atoms with Crippen molar-refractivity contribution in [1.29, 1.82) is 0 Å². The van der Waals surface area contributed by atoms with Crippen molar-refractivity contribution in [3.05, 3.63) is 23.2 Å². The summed E-state index contributed by atoms with van der Waals surface area (Å²) in [6.45, 7) is 1.54. The second-order valence-corrected chi connectivity index (χ2v) is 10.0. The highest BCUT2D eigenvalue weighted by Gasteiger charge is 2.31. The summed E-state index contributed by atoms with van der Waals surface area (Å²) in [4.78, 5) is 27.5. The smallest absolute Gasteiger partial charge is 0.238 e. The van der Waals surface area contributed by atoms with E-state index in [0.717, 1.165) is 4.90 Å². The highest BCUT2D eigenvalue weighted by atomic mass is 35.5. The van der Waals surface area contributed by atoms with Crippen LogP contribution in [-0.2, 0) is 19.6 Å². The number of sulfonamides is 1. The molecular formula is C16H20ClN3O4S2. The molecule has 0 aliphatic carbocycles. The minimum Gasteiger partial charge on any atom is -0.341 e. The molecule has 0 spiro atoms. The Morgan fingerprint density at radius 3 is 2.81 bits per heavy atom. The van der Waals surface area contributed by atoms with Gasteiger partial charge in [-0.25, -0.2) is 12.7 Å². The molecule has 26 heavy (non-hydrogen) atoms. The van der Waals surface area contributed by atoms with Crippen molar-refractivity contribution in [3.63, 3.8) is 0 Å². The van der Waals surface area contributed by atoms with Crippen LogP contribution < -0.4 is 5.32 Å². The Morgan fingerprint density at radius 1 is 1.31 bits per heavy atom. The number of halogens is 1. The second-order valence-electron chi connectivity index (χ2n) is 6.34. The average molecular weight is 418 g/mol. The zero-order chi connectivity index (χ0) is 18.9. The van der Waals surface area contributed by atoms with Gasteiger partial charge in [0.05, 0.1) is 17.2 Å². The van der Waals surface area contributed by atoms with Gasteiger partial charge in [-0.1, -0.05) is 11.6 Å². The van der Waals surface area contributed by atoms with Crippen molar-refractivity contribution in [2.45, 2.75) is 23.0 Å². The van der Waals surface area contributed by atoms with E-state index in [1.165, 1.54) is 22.3 Å². The quantitative estimate of drug-likeness (QED) is 0.807. The first-order chi connectivity index (χ1) is 12.2. The third-order valence-electron chi connectivity index (χ3n) is 4.40. The van der Waals surface area contributed by atoms with E-state index in [4.69, 9.17) is 11.6 Å². The number of carbonyl (C=O) groups is 2. The molecule has 0 bridgehead atoms. The maximum atomic E-state index is 12.6. The van der Waals surface area contributed by atoms with Crippen LogP contribution in [0.3, 0.4) is 0 Å². The molecule has 0 saturated carbocycles. The van der Waals surface area contributed by atoms with Crippen molar-refractivity contribution in [2.24, 2.45) is 0 Å². The molecule has 2 heterocycles. The summed E-state index contributed by atoms with van der Waals surface area (Å²) in [5.41, 5.74) is 0.662. The van der Waals surface area contributed by atoms with Crippen LogP contribution in [0.25, 0.3) is 0 Å². The molecule has 3 rings (SSSR count). The molecule has 2 aliphatic rings. The summed E-state index contributed by atoms with van der Waals surface area (Å²) in [7, 11) is -3.25. The van der Waals surface area contributed by atoms with Crippen LogP contribution in [0.15, 0.2) is 23.1 Å². The van der Waals surface area contributed by atoms with E-state index in [1.807, 2.05) is 6.07 Å². The topological polar surface area (TPSA) is 86.8 Å². The minimum absolute atomic E-state index is 0.0808. The normalized spacial score (nSPS) is 21.7. The number of hydrogen-bond acceptors (Lipinski definition) is 5. The lowest BCUT2D eigenvalue weighted by Gasteiger charge is -2.27.